The number of aromatic nitrogens is 5. The molecule has 9 nitrogen and oxygen atoms in total. The number of hydrogen-bond donors (Lipinski definition) is 2. The molecule has 4 heterocycles. The minimum atomic E-state index is 0.281. The number of anilines is 4. The quantitative estimate of drug-likeness (QED) is 0.437. The van der Waals surface area contributed by atoms with Crippen LogP contribution >= 0.6 is 11.3 Å². The van der Waals surface area contributed by atoms with Crippen LogP contribution in [0.4, 0.5) is 23.3 Å². The molecule has 4 aromatic rings. The van der Waals surface area contributed by atoms with Crippen LogP contribution in [0.1, 0.15) is 25.7 Å². The number of nitrogens with zero attached hydrogens (tertiary/aromatic N) is 7. The second-order valence-electron chi connectivity index (χ2n) is 9.98. The normalized spacial score (nSPS) is 24.5. The first-order valence-electron chi connectivity index (χ1n) is 12.5. The molecular formula is C25H29N9S. The molecule has 3 aromatic heterocycles. The number of hydrogen-bond acceptors (Lipinski definition) is 9. The van der Waals surface area contributed by atoms with Crippen LogP contribution in [0.3, 0.4) is 0 Å². The highest BCUT2D eigenvalue weighted by atomic mass is 32.1. The van der Waals surface area contributed by atoms with Crippen molar-refractivity contribution in [3.8, 4) is 5.82 Å². The van der Waals surface area contributed by atoms with E-state index in [4.69, 9.17) is 5.73 Å². The van der Waals surface area contributed by atoms with Crippen LogP contribution in [0.15, 0.2) is 42.0 Å². The number of fused-ring (bicyclic) bond motifs is 3. The van der Waals surface area contributed by atoms with Gasteiger partial charge in [0.05, 0.1) is 5.39 Å². The van der Waals surface area contributed by atoms with E-state index < -0.39 is 0 Å². The predicted octanol–water partition coefficient (Wildman–Crippen LogP) is 3.91. The molecule has 3 aliphatic rings. The third-order valence-corrected chi connectivity index (χ3v) is 8.87. The van der Waals surface area contributed by atoms with Gasteiger partial charge in [-0.3, -0.25) is 4.90 Å². The van der Waals surface area contributed by atoms with Crippen LogP contribution in [0.5, 0.6) is 0 Å². The maximum absolute atomic E-state index is 6.17. The summed E-state index contributed by atoms with van der Waals surface area (Å²) >= 11 is 1.56. The summed E-state index contributed by atoms with van der Waals surface area (Å²) in [6, 6.07) is 11.3. The van der Waals surface area contributed by atoms with Crippen LogP contribution in [0.2, 0.25) is 0 Å². The molecule has 2 saturated carbocycles. The number of benzene rings is 1. The van der Waals surface area contributed by atoms with Gasteiger partial charge < -0.3 is 16.0 Å². The Morgan fingerprint density at radius 3 is 2.60 bits per heavy atom. The van der Waals surface area contributed by atoms with E-state index in [1.54, 1.807) is 16.0 Å². The van der Waals surface area contributed by atoms with Gasteiger partial charge in [0.15, 0.2) is 5.82 Å². The molecule has 1 aromatic carbocycles. The SMILES string of the molecule is Nc1nc(Nc2ccc(N3CCN([C@H]4C[C@@H]5CC[C@H]4C5)CC3)cc2)nn1-c1ncnc2sccc12. The fourth-order valence-corrected chi connectivity index (χ4v) is 7.06. The Hall–Kier alpha value is -3.24. The van der Waals surface area contributed by atoms with E-state index in [-0.39, 0.29) is 5.95 Å². The first-order valence-corrected chi connectivity index (χ1v) is 13.4. The molecule has 35 heavy (non-hydrogen) atoms. The van der Waals surface area contributed by atoms with E-state index >= 15 is 0 Å². The summed E-state index contributed by atoms with van der Waals surface area (Å²) in [5.41, 5.74) is 8.36. The third-order valence-electron chi connectivity index (χ3n) is 8.05. The van der Waals surface area contributed by atoms with Crippen molar-refractivity contribution in [1.29, 1.82) is 0 Å². The van der Waals surface area contributed by atoms with E-state index in [1.165, 1.54) is 50.8 Å². The molecule has 180 valence electrons. The summed E-state index contributed by atoms with van der Waals surface area (Å²) in [5, 5.41) is 10.7. The smallest absolute Gasteiger partial charge is 0.248 e. The second-order valence-corrected chi connectivity index (χ2v) is 10.9. The zero-order valence-electron chi connectivity index (χ0n) is 19.5. The van der Waals surface area contributed by atoms with Crippen LogP contribution in [0, 0.1) is 11.8 Å². The average Bonchev–Trinajstić information content (AvgIpc) is 3.69. The van der Waals surface area contributed by atoms with Crippen molar-refractivity contribution in [3.05, 3.63) is 42.0 Å². The van der Waals surface area contributed by atoms with Crippen molar-refractivity contribution in [3.63, 3.8) is 0 Å². The van der Waals surface area contributed by atoms with Crippen molar-refractivity contribution in [1.82, 2.24) is 29.6 Å². The molecule has 3 fully saturated rings. The number of nitrogens with two attached hydrogens (primary N) is 1. The summed E-state index contributed by atoms with van der Waals surface area (Å²) in [6.07, 6.45) is 7.38. The van der Waals surface area contributed by atoms with Gasteiger partial charge in [0.25, 0.3) is 0 Å². The van der Waals surface area contributed by atoms with Crippen molar-refractivity contribution < 1.29 is 0 Å². The molecule has 1 saturated heterocycles. The van der Waals surface area contributed by atoms with Crippen molar-refractivity contribution >= 4 is 44.8 Å². The zero-order valence-corrected chi connectivity index (χ0v) is 20.4. The number of nitrogens with one attached hydrogen (secondary N) is 1. The minimum absolute atomic E-state index is 0.281. The van der Waals surface area contributed by atoms with Crippen molar-refractivity contribution in [2.75, 3.05) is 42.1 Å². The zero-order chi connectivity index (χ0) is 23.4. The largest absolute Gasteiger partial charge is 0.369 e. The van der Waals surface area contributed by atoms with Gasteiger partial charge in [-0.05, 0) is 66.8 Å². The Morgan fingerprint density at radius 2 is 1.83 bits per heavy atom. The fourth-order valence-electron chi connectivity index (χ4n) is 6.33. The number of piperazine rings is 1. The first-order chi connectivity index (χ1) is 17.2. The van der Waals surface area contributed by atoms with Gasteiger partial charge in [-0.25, -0.2) is 9.97 Å². The number of nitrogen functional groups attached to an aromatic ring is 1. The molecule has 3 atom stereocenters. The molecular weight excluding hydrogens is 458 g/mol. The van der Waals surface area contributed by atoms with Crippen LogP contribution in [-0.2, 0) is 0 Å². The van der Waals surface area contributed by atoms with E-state index in [2.05, 4.69) is 59.4 Å². The standard InChI is InChI=1S/C25H29N9S/c26-24-30-25(31-34(24)22-20-7-12-35-23(20)28-15-27-22)29-18-3-5-19(6-4-18)32-8-10-33(11-9-32)21-14-16-1-2-17(21)13-16/h3-7,12,15-17,21H,1-2,8-11,13-14H2,(H3,26,29,30,31)/t16-,17+,21+/m1/s1. The van der Waals surface area contributed by atoms with E-state index in [0.717, 1.165) is 46.9 Å². The lowest BCUT2D eigenvalue weighted by Gasteiger charge is -2.41. The Morgan fingerprint density at radius 1 is 0.971 bits per heavy atom. The Kier molecular flexibility index (Phi) is 5.09. The molecule has 2 bridgehead atoms. The van der Waals surface area contributed by atoms with E-state index in [1.807, 2.05) is 11.4 Å². The van der Waals surface area contributed by atoms with Gasteiger partial charge >= 0.3 is 0 Å². The summed E-state index contributed by atoms with van der Waals surface area (Å²) in [4.78, 5) is 19.2. The van der Waals surface area contributed by atoms with Crippen LogP contribution in [-0.4, -0.2) is 61.9 Å². The van der Waals surface area contributed by atoms with Gasteiger partial charge in [0, 0.05) is 43.6 Å². The molecule has 3 N–H and O–H groups in total. The lowest BCUT2D eigenvalue weighted by molar-refractivity contribution is 0.135. The molecule has 0 spiro atoms. The Labute approximate surface area is 208 Å². The number of rotatable bonds is 5. The highest BCUT2D eigenvalue weighted by Gasteiger charge is 2.42. The minimum Gasteiger partial charge on any atom is -0.369 e. The van der Waals surface area contributed by atoms with Gasteiger partial charge in [0.1, 0.15) is 11.2 Å². The molecule has 0 amide bonds. The molecule has 10 heteroatoms. The summed E-state index contributed by atoms with van der Waals surface area (Å²) < 4.78 is 1.56. The lowest BCUT2D eigenvalue weighted by Crippen LogP contribution is -2.51. The van der Waals surface area contributed by atoms with Crippen LogP contribution < -0.4 is 16.0 Å². The van der Waals surface area contributed by atoms with Crippen molar-refractivity contribution in [2.24, 2.45) is 11.8 Å². The van der Waals surface area contributed by atoms with Gasteiger partial charge in [-0.1, -0.05) is 6.42 Å². The summed E-state index contributed by atoms with van der Waals surface area (Å²) in [5.74, 6) is 3.33. The summed E-state index contributed by atoms with van der Waals surface area (Å²) in [7, 11) is 0. The van der Waals surface area contributed by atoms with Crippen LogP contribution in [0.25, 0.3) is 16.0 Å². The topological polar surface area (TPSA) is 101 Å². The lowest BCUT2D eigenvalue weighted by atomic mass is 9.93. The maximum atomic E-state index is 6.17. The monoisotopic (exact) mass is 487 g/mol. The van der Waals surface area contributed by atoms with Crippen molar-refractivity contribution in [2.45, 2.75) is 31.7 Å². The third kappa shape index (κ3) is 3.81. The van der Waals surface area contributed by atoms with E-state index in [9.17, 15) is 0 Å². The maximum Gasteiger partial charge on any atom is 0.248 e. The fraction of sp³-hybridized carbons (Fsp3) is 0.440. The Bertz CT molecular complexity index is 1340. The second kappa shape index (κ2) is 8.46. The first kappa shape index (κ1) is 21.1. The summed E-state index contributed by atoms with van der Waals surface area (Å²) in [6.45, 7) is 4.54. The van der Waals surface area contributed by atoms with Gasteiger partial charge in [0.2, 0.25) is 11.9 Å². The average molecular weight is 488 g/mol. The molecule has 0 radical (unpaired) electrons. The highest BCUT2D eigenvalue weighted by molar-refractivity contribution is 7.16. The molecule has 2 aliphatic carbocycles. The van der Waals surface area contributed by atoms with Gasteiger partial charge in [-0.15, -0.1) is 16.4 Å². The molecule has 7 rings (SSSR count). The predicted molar refractivity (Wildman–Crippen MR) is 139 cm³/mol. The number of thiophene rings is 1. The van der Waals surface area contributed by atoms with E-state index in [0.29, 0.717) is 11.8 Å². The van der Waals surface area contributed by atoms with Gasteiger partial charge in [-0.2, -0.15) is 9.67 Å². The Balaban J connectivity index is 1.01. The molecule has 1 aliphatic heterocycles. The molecule has 0 unspecified atom stereocenters. The highest BCUT2D eigenvalue weighted by Crippen LogP contribution is 2.46.